The molecule has 0 aliphatic carbocycles. The van der Waals surface area contributed by atoms with Crippen LogP contribution < -0.4 is 40.9 Å². The highest BCUT2D eigenvalue weighted by molar-refractivity contribution is 5.84. The van der Waals surface area contributed by atoms with Crippen LogP contribution >= 0.6 is 0 Å². The third-order valence-electron chi connectivity index (χ3n) is 23.8. The molecule has 0 radical (unpaired) electrons. The van der Waals surface area contributed by atoms with Gasteiger partial charge in [-0.1, -0.05) is 300 Å². The first-order valence-electron chi connectivity index (χ1n) is 48.0. The third kappa shape index (κ3) is 28.5. The molecule has 0 saturated heterocycles. The fourth-order valence-corrected chi connectivity index (χ4v) is 16.3. The standard InChI is InChI=1S/C38H32N2.C26H24N2.2C20H19N.2C14H15N/c1-29-13-21-35(22-14-29)39(33-9-5-3-6-10-33)37-25-17-31(18-26-37)32-19-27-38(28-20-32)40(34-11-7-4-8-12-34)36-23-15-30(2)16-24-36;1-19-5-3-7-25(17-19)27-23-13-9-21(10-14-23)22-11-15-24(16-12-22)28-26-8-4-6-20(2)18-26;1-16-8-6-12-19(14-16)21(18-10-4-3-5-11-18)20-13-7-9-17(2)15-20;1-16-8-12-19(13-9-16)21(18-6-4-3-5-7-18)20-14-10-17(2)11-15-20;1-11-3-7-13(8-4-11)15-14-9-5-12(2)6-10-14;1-11-5-3-7-13(9-11)15-14-8-4-6-12(2)10-14/h3-28H,1-2H3;3-18,27-28H,1-2H3;2*3-15H,1-2H3;2*3-10,15H,1-2H3. The van der Waals surface area contributed by atoms with E-state index in [0.29, 0.717) is 0 Å². The van der Waals surface area contributed by atoms with Crippen LogP contribution in [0, 0.1) is 83.1 Å². The Balaban J connectivity index is 0.000000132. The Labute approximate surface area is 830 Å². The van der Waals surface area contributed by atoms with Gasteiger partial charge in [-0.15, -0.1) is 0 Å². The second-order valence-corrected chi connectivity index (χ2v) is 35.7. The molecule has 0 spiro atoms. The van der Waals surface area contributed by atoms with E-state index in [1.807, 2.05) is 12.1 Å². The number of aryl methyl sites for hydroxylation is 12. The van der Waals surface area contributed by atoms with Gasteiger partial charge in [-0.05, 0) is 381 Å². The predicted octanol–water partition coefficient (Wildman–Crippen LogP) is 38.0. The molecular weight excluding hydrogens is 1700 g/mol. The lowest BCUT2D eigenvalue weighted by Crippen LogP contribution is -2.10. The predicted molar refractivity (Wildman–Crippen MR) is 604 cm³/mol. The van der Waals surface area contributed by atoms with Crippen LogP contribution in [0.15, 0.2) is 510 Å². The van der Waals surface area contributed by atoms with Gasteiger partial charge in [-0.25, -0.2) is 0 Å². The molecule has 0 aromatic heterocycles. The Kier molecular flexibility index (Phi) is 33.9. The summed E-state index contributed by atoms with van der Waals surface area (Å²) in [7, 11) is 0. The molecule has 0 saturated carbocycles. The lowest BCUT2D eigenvalue weighted by molar-refractivity contribution is 1.26. The molecule has 0 aliphatic rings. The highest BCUT2D eigenvalue weighted by atomic mass is 15.2. The van der Waals surface area contributed by atoms with Crippen molar-refractivity contribution in [2.75, 3.05) is 40.9 Å². The van der Waals surface area contributed by atoms with Gasteiger partial charge in [0.05, 0.1) is 0 Å². The van der Waals surface area contributed by atoms with Crippen molar-refractivity contribution in [1.29, 1.82) is 0 Å². The zero-order chi connectivity index (χ0) is 97.3. The van der Waals surface area contributed by atoms with Crippen molar-refractivity contribution in [3.63, 3.8) is 0 Å². The molecule has 0 unspecified atom stereocenters. The van der Waals surface area contributed by atoms with E-state index >= 15 is 0 Å². The number of rotatable bonds is 22. The average molecular weight is 1820 g/mol. The summed E-state index contributed by atoms with van der Waals surface area (Å²) in [6.07, 6.45) is 0. The molecule has 8 nitrogen and oxygen atoms in total. The summed E-state index contributed by atoms with van der Waals surface area (Å²) in [5.41, 5.74) is 42.8. The summed E-state index contributed by atoms with van der Waals surface area (Å²) >= 11 is 0. The molecular formula is C132H124N8. The average Bonchev–Trinajstić information content (AvgIpc) is 0.784. The molecule has 4 N–H and O–H groups in total. The van der Waals surface area contributed by atoms with Gasteiger partial charge in [0.2, 0.25) is 0 Å². The molecule has 20 rings (SSSR count). The summed E-state index contributed by atoms with van der Waals surface area (Å²) in [6.45, 7) is 25.3. The molecule has 692 valence electrons. The molecule has 140 heavy (non-hydrogen) atoms. The minimum absolute atomic E-state index is 1.09. The van der Waals surface area contributed by atoms with Gasteiger partial charge in [0.1, 0.15) is 0 Å². The maximum atomic E-state index is 3.45. The van der Waals surface area contributed by atoms with Crippen LogP contribution in [0.1, 0.15) is 66.8 Å². The molecule has 8 heteroatoms. The number of nitrogens with zero attached hydrogens (tertiary/aromatic N) is 4. The number of hydrogen-bond acceptors (Lipinski definition) is 8. The Morgan fingerprint density at radius 1 is 0.107 bits per heavy atom. The van der Waals surface area contributed by atoms with E-state index in [1.165, 1.54) is 123 Å². The van der Waals surface area contributed by atoms with E-state index in [1.54, 1.807) is 0 Å². The summed E-state index contributed by atoms with van der Waals surface area (Å²) in [5.74, 6) is 0. The molecule has 0 amide bonds. The highest BCUT2D eigenvalue weighted by Crippen LogP contribution is 2.42. The quantitative estimate of drug-likeness (QED) is 0.0536. The van der Waals surface area contributed by atoms with E-state index in [0.717, 1.165) is 79.6 Å². The minimum Gasteiger partial charge on any atom is -0.356 e. The van der Waals surface area contributed by atoms with E-state index in [4.69, 9.17) is 0 Å². The number of benzene rings is 20. The first-order valence-corrected chi connectivity index (χ1v) is 48.0. The van der Waals surface area contributed by atoms with Crippen LogP contribution in [0.25, 0.3) is 22.3 Å². The maximum Gasteiger partial charge on any atom is 0.0464 e. The number of hydrogen-bond donors (Lipinski definition) is 4. The van der Waals surface area contributed by atoms with Gasteiger partial charge in [0.15, 0.2) is 0 Å². The normalized spacial score (nSPS) is 10.4. The van der Waals surface area contributed by atoms with Crippen molar-refractivity contribution in [2.24, 2.45) is 0 Å². The van der Waals surface area contributed by atoms with Crippen molar-refractivity contribution in [3.8, 4) is 22.3 Å². The lowest BCUT2D eigenvalue weighted by Gasteiger charge is -2.26. The Hall–Kier alpha value is -17.2. The van der Waals surface area contributed by atoms with Crippen molar-refractivity contribution in [2.45, 2.75) is 83.1 Å². The van der Waals surface area contributed by atoms with Crippen LogP contribution in [0.2, 0.25) is 0 Å². The zero-order valence-electron chi connectivity index (χ0n) is 82.3. The zero-order valence-corrected chi connectivity index (χ0v) is 82.3. The molecule has 20 aromatic rings. The second-order valence-electron chi connectivity index (χ2n) is 35.7. The van der Waals surface area contributed by atoms with Gasteiger partial charge in [0, 0.05) is 114 Å². The topological polar surface area (TPSA) is 61.1 Å². The minimum atomic E-state index is 1.09. The Bertz CT molecular complexity index is 6810. The molecule has 20 aromatic carbocycles. The van der Waals surface area contributed by atoms with Crippen molar-refractivity contribution in [3.05, 3.63) is 576 Å². The van der Waals surface area contributed by atoms with E-state index in [9.17, 15) is 0 Å². The third-order valence-corrected chi connectivity index (χ3v) is 23.8. The number of nitrogens with one attached hydrogen (secondary N) is 4. The maximum absolute atomic E-state index is 3.45. The van der Waals surface area contributed by atoms with Crippen LogP contribution in [0.4, 0.5) is 114 Å². The Morgan fingerprint density at radius 2 is 0.257 bits per heavy atom. The molecule has 0 atom stereocenters. The lowest BCUT2D eigenvalue weighted by atomic mass is 10.0. The molecule has 0 aliphatic heterocycles. The van der Waals surface area contributed by atoms with Crippen LogP contribution in [0.5, 0.6) is 0 Å². The van der Waals surface area contributed by atoms with Crippen LogP contribution in [-0.4, -0.2) is 0 Å². The fourth-order valence-electron chi connectivity index (χ4n) is 16.3. The van der Waals surface area contributed by atoms with Crippen LogP contribution in [0.3, 0.4) is 0 Å². The van der Waals surface area contributed by atoms with E-state index < -0.39 is 0 Å². The molecule has 0 heterocycles. The number of para-hydroxylation sites is 4. The van der Waals surface area contributed by atoms with Crippen molar-refractivity contribution < 1.29 is 0 Å². The summed E-state index contributed by atoms with van der Waals surface area (Å²) in [4.78, 5) is 9.16. The Morgan fingerprint density at radius 3 is 0.471 bits per heavy atom. The summed E-state index contributed by atoms with van der Waals surface area (Å²) < 4.78 is 0. The van der Waals surface area contributed by atoms with Gasteiger partial charge < -0.3 is 40.9 Å². The first kappa shape index (κ1) is 97.3. The van der Waals surface area contributed by atoms with Gasteiger partial charge in [-0.2, -0.15) is 0 Å². The largest absolute Gasteiger partial charge is 0.356 e. The van der Waals surface area contributed by atoms with Crippen molar-refractivity contribution >= 4 is 114 Å². The molecule has 0 bridgehead atoms. The van der Waals surface area contributed by atoms with Crippen LogP contribution in [-0.2, 0) is 0 Å². The van der Waals surface area contributed by atoms with Gasteiger partial charge in [-0.3, -0.25) is 0 Å². The summed E-state index contributed by atoms with van der Waals surface area (Å²) in [5, 5.41) is 13.7. The van der Waals surface area contributed by atoms with E-state index in [-0.39, 0.29) is 0 Å². The fraction of sp³-hybridized carbons (Fsp3) is 0.0909. The van der Waals surface area contributed by atoms with E-state index in [2.05, 4.69) is 621 Å². The van der Waals surface area contributed by atoms with Gasteiger partial charge in [0.25, 0.3) is 0 Å². The molecule has 0 fully saturated rings. The monoisotopic (exact) mass is 1820 g/mol. The van der Waals surface area contributed by atoms with Gasteiger partial charge >= 0.3 is 0 Å². The van der Waals surface area contributed by atoms with Crippen molar-refractivity contribution in [1.82, 2.24) is 0 Å². The smallest absolute Gasteiger partial charge is 0.0464 e. The second kappa shape index (κ2) is 48.8. The highest BCUT2D eigenvalue weighted by Gasteiger charge is 2.18. The summed E-state index contributed by atoms with van der Waals surface area (Å²) in [6, 6.07) is 179. The SMILES string of the molecule is Cc1ccc(N(c2ccccc2)c2ccc(-c3ccc(N(c4ccccc4)c4ccc(C)cc4)cc3)cc2)cc1.Cc1ccc(N(c2ccccc2)c2ccc(C)cc2)cc1.Cc1ccc(Nc2ccc(C)cc2)cc1.Cc1cccc(N(c2ccccc2)c2cccc(C)c2)c1.Cc1cccc(Nc2ccc(-c3ccc(Nc4cccc(C)c4)cc3)cc2)c1.Cc1cccc(Nc2cccc(C)c2)c1. The number of anilines is 20. The first-order chi connectivity index (χ1) is 68.3.